The summed E-state index contributed by atoms with van der Waals surface area (Å²) < 4.78 is 33.4. The molecule has 1 atom stereocenters. The van der Waals surface area contributed by atoms with E-state index >= 15 is 0 Å². The lowest BCUT2D eigenvalue weighted by atomic mass is 10.0. The molecule has 0 heterocycles. The zero-order valence-electron chi connectivity index (χ0n) is 16.5. The number of hydrogen-bond donors (Lipinski definition) is 1. The van der Waals surface area contributed by atoms with Crippen LogP contribution < -0.4 is 9.46 Å². The van der Waals surface area contributed by atoms with Crippen LogP contribution in [0.2, 0.25) is 5.02 Å². The predicted octanol–water partition coefficient (Wildman–Crippen LogP) is 3.62. The van der Waals surface area contributed by atoms with Gasteiger partial charge >= 0.3 is 0 Å². The first-order chi connectivity index (χ1) is 13.7. The molecule has 29 heavy (non-hydrogen) atoms. The van der Waals surface area contributed by atoms with Gasteiger partial charge in [-0.2, -0.15) is 0 Å². The Kier molecular flexibility index (Phi) is 7.97. The van der Waals surface area contributed by atoms with Crippen molar-refractivity contribution in [2.24, 2.45) is 0 Å². The van der Waals surface area contributed by atoms with Crippen LogP contribution in [-0.4, -0.2) is 45.0 Å². The van der Waals surface area contributed by atoms with E-state index in [1.807, 2.05) is 38.1 Å². The summed E-state index contributed by atoms with van der Waals surface area (Å²) in [6, 6.07) is 10.6. The van der Waals surface area contributed by atoms with Gasteiger partial charge in [0.15, 0.2) is 4.90 Å². The minimum atomic E-state index is -4.13. The first-order valence-corrected chi connectivity index (χ1v) is 10.9. The summed E-state index contributed by atoms with van der Waals surface area (Å²) in [5, 5.41) is 11.4. The molecule has 0 saturated carbocycles. The third-order valence-electron chi connectivity index (χ3n) is 4.61. The summed E-state index contributed by atoms with van der Waals surface area (Å²) in [4.78, 5) is 12.2. The molecular weight excluding hydrogens is 418 g/mol. The first kappa shape index (κ1) is 23.1. The average molecular weight is 442 g/mol. The van der Waals surface area contributed by atoms with Gasteiger partial charge in [0.05, 0.1) is 12.0 Å². The number of benzene rings is 2. The molecular formula is C19H24ClN3O5S. The molecule has 2 rings (SSSR count). The standard InChI is InChI=1S/C19H24ClN3O5S/c1-4-22(5-2)18(14-7-6-8-16(11-14)28-3)13-21-29(26,27)19-10-9-15(20)12-17(19)23(24)25/h6-12,18,21H,4-5,13H2,1-3H3. The number of nitrogens with zero attached hydrogens (tertiary/aromatic N) is 2. The molecule has 0 amide bonds. The van der Waals surface area contributed by atoms with Crippen LogP contribution in [-0.2, 0) is 10.0 Å². The van der Waals surface area contributed by atoms with Crippen molar-refractivity contribution in [2.45, 2.75) is 24.8 Å². The largest absolute Gasteiger partial charge is 0.497 e. The number of likely N-dealkylation sites (N-methyl/N-ethyl adjacent to an activating group) is 1. The fraction of sp³-hybridized carbons (Fsp3) is 0.368. The number of halogens is 1. The molecule has 0 bridgehead atoms. The Morgan fingerprint density at radius 3 is 2.48 bits per heavy atom. The smallest absolute Gasteiger partial charge is 0.290 e. The maximum absolute atomic E-state index is 12.8. The van der Waals surface area contributed by atoms with Crippen molar-refractivity contribution in [1.82, 2.24) is 9.62 Å². The molecule has 0 aliphatic rings. The van der Waals surface area contributed by atoms with Crippen LogP contribution in [0.3, 0.4) is 0 Å². The van der Waals surface area contributed by atoms with Crippen LogP contribution in [0.1, 0.15) is 25.5 Å². The Morgan fingerprint density at radius 1 is 1.21 bits per heavy atom. The van der Waals surface area contributed by atoms with E-state index in [0.29, 0.717) is 18.8 Å². The molecule has 0 aliphatic heterocycles. The second kappa shape index (κ2) is 10.0. The third kappa shape index (κ3) is 5.66. The van der Waals surface area contributed by atoms with Gasteiger partial charge in [0, 0.05) is 23.7 Å². The molecule has 1 N–H and O–H groups in total. The van der Waals surface area contributed by atoms with Gasteiger partial charge in [-0.3, -0.25) is 15.0 Å². The molecule has 0 fully saturated rings. The van der Waals surface area contributed by atoms with E-state index in [0.717, 1.165) is 17.7 Å². The molecule has 158 valence electrons. The fourth-order valence-corrected chi connectivity index (χ4v) is 4.45. The van der Waals surface area contributed by atoms with Crippen molar-refractivity contribution in [3.05, 3.63) is 63.2 Å². The molecule has 0 spiro atoms. The van der Waals surface area contributed by atoms with E-state index in [-0.39, 0.29) is 17.6 Å². The first-order valence-electron chi connectivity index (χ1n) is 9.05. The van der Waals surface area contributed by atoms with Gasteiger partial charge < -0.3 is 4.74 Å². The number of sulfonamides is 1. The minimum absolute atomic E-state index is 0.0387. The minimum Gasteiger partial charge on any atom is -0.497 e. The van der Waals surface area contributed by atoms with Crippen LogP contribution in [0.15, 0.2) is 47.4 Å². The maximum Gasteiger partial charge on any atom is 0.290 e. The van der Waals surface area contributed by atoms with Crippen molar-refractivity contribution in [2.75, 3.05) is 26.7 Å². The van der Waals surface area contributed by atoms with Gasteiger partial charge in [-0.1, -0.05) is 37.6 Å². The van der Waals surface area contributed by atoms with Crippen LogP contribution in [0.25, 0.3) is 0 Å². The van der Waals surface area contributed by atoms with Crippen molar-refractivity contribution in [1.29, 1.82) is 0 Å². The Hall–Kier alpha value is -2.20. The number of ether oxygens (including phenoxy) is 1. The van der Waals surface area contributed by atoms with Crippen molar-refractivity contribution >= 4 is 27.3 Å². The Labute approximate surface area is 175 Å². The molecule has 0 saturated heterocycles. The Bertz CT molecular complexity index is 964. The fourth-order valence-electron chi connectivity index (χ4n) is 3.10. The van der Waals surface area contributed by atoms with Gasteiger partial charge in [0.1, 0.15) is 5.75 Å². The summed E-state index contributed by atoms with van der Waals surface area (Å²) in [5.41, 5.74) is 0.312. The molecule has 0 radical (unpaired) electrons. The van der Waals surface area contributed by atoms with Crippen molar-refractivity contribution in [3.8, 4) is 5.75 Å². The summed E-state index contributed by atoms with van der Waals surface area (Å²) in [5.74, 6) is 0.663. The number of rotatable bonds is 10. The van der Waals surface area contributed by atoms with Crippen molar-refractivity contribution < 1.29 is 18.1 Å². The van der Waals surface area contributed by atoms with Crippen LogP contribution >= 0.6 is 11.6 Å². The van der Waals surface area contributed by atoms with E-state index in [1.165, 1.54) is 6.07 Å². The van der Waals surface area contributed by atoms with E-state index in [1.54, 1.807) is 7.11 Å². The maximum atomic E-state index is 12.8. The lowest BCUT2D eigenvalue weighted by Crippen LogP contribution is -2.38. The summed E-state index contributed by atoms with van der Waals surface area (Å²) in [6.45, 7) is 5.39. The second-order valence-electron chi connectivity index (χ2n) is 6.23. The highest BCUT2D eigenvalue weighted by Crippen LogP contribution is 2.28. The summed E-state index contributed by atoms with van der Waals surface area (Å²) in [6.07, 6.45) is 0. The molecule has 10 heteroatoms. The van der Waals surface area contributed by atoms with E-state index in [4.69, 9.17) is 16.3 Å². The normalized spacial score (nSPS) is 12.7. The molecule has 1 unspecified atom stereocenters. The lowest BCUT2D eigenvalue weighted by molar-refractivity contribution is -0.387. The van der Waals surface area contributed by atoms with Crippen LogP contribution in [0.4, 0.5) is 5.69 Å². The Balaban J connectivity index is 2.36. The predicted molar refractivity (Wildman–Crippen MR) is 112 cm³/mol. The highest BCUT2D eigenvalue weighted by molar-refractivity contribution is 7.89. The third-order valence-corrected chi connectivity index (χ3v) is 6.31. The average Bonchev–Trinajstić information content (AvgIpc) is 2.70. The SMILES string of the molecule is CCN(CC)C(CNS(=O)(=O)c1ccc(Cl)cc1[N+](=O)[O-])c1cccc(OC)c1. The number of nitro benzene ring substituents is 1. The molecule has 0 aromatic heterocycles. The highest BCUT2D eigenvalue weighted by atomic mass is 35.5. The molecule has 8 nitrogen and oxygen atoms in total. The summed E-state index contributed by atoms with van der Waals surface area (Å²) >= 11 is 5.79. The topological polar surface area (TPSA) is 102 Å². The van der Waals surface area contributed by atoms with Gasteiger partial charge in [-0.25, -0.2) is 13.1 Å². The Morgan fingerprint density at radius 2 is 1.90 bits per heavy atom. The van der Waals surface area contributed by atoms with Crippen LogP contribution in [0, 0.1) is 10.1 Å². The highest BCUT2D eigenvalue weighted by Gasteiger charge is 2.28. The quantitative estimate of drug-likeness (QED) is 0.446. The van der Waals surface area contributed by atoms with Crippen LogP contribution in [0.5, 0.6) is 5.75 Å². The molecule has 2 aromatic carbocycles. The van der Waals surface area contributed by atoms with E-state index < -0.39 is 25.5 Å². The lowest BCUT2D eigenvalue weighted by Gasteiger charge is -2.30. The number of methoxy groups -OCH3 is 1. The zero-order valence-corrected chi connectivity index (χ0v) is 18.0. The number of nitro groups is 1. The monoisotopic (exact) mass is 441 g/mol. The molecule has 2 aromatic rings. The van der Waals surface area contributed by atoms with E-state index in [2.05, 4.69) is 9.62 Å². The van der Waals surface area contributed by atoms with Crippen molar-refractivity contribution in [3.63, 3.8) is 0 Å². The molecule has 0 aliphatic carbocycles. The van der Waals surface area contributed by atoms with Gasteiger partial charge in [0.2, 0.25) is 10.0 Å². The zero-order chi connectivity index (χ0) is 21.6. The summed E-state index contributed by atoms with van der Waals surface area (Å²) in [7, 11) is -2.57. The van der Waals surface area contributed by atoms with Gasteiger partial charge in [0.25, 0.3) is 5.69 Å². The van der Waals surface area contributed by atoms with Gasteiger partial charge in [-0.15, -0.1) is 0 Å². The number of hydrogen-bond acceptors (Lipinski definition) is 6. The second-order valence-corrected chi connectivity index (χ2v) is 8.41. The number of nitrogens with one attached hydrogen (secondary N) is 1. The van der Waals surface area contributed by atoms with Gasteiger partial charge in [-0.05, 0) is 42.9 Å². The van der Waals surface area contributed by atoms with E-state index in [9.17, 15) is 18.5 Å².